The molecule has 7 nitrogen and oxygen atoms in total. The lowest BCUT2D eigenvalue weighted by Gasteiger charge is -2.27. The van der Waals surface area contributed by atoms with E-state index in [1.54, 1.807) is 7.05 Å². The highest BCUT2D eigenvalue weighted by Gasteiger charge is 2.13. The summed E-state index contributed by atoms with van der Waals surface area (Å²) in [6, 6.07) is 18.4. The van der Waals surface area contributed by atoms with Crippen molar-refractivity contribution in [1.29, 1.82) is 0 Å². The van der Waals surface area contributed by atoms with Crippen LogP contribution >= 0.6 is 24.0 Å². The van der Waals surface area contributed by atoms with Crippen molar-refractivity contribution in [2.45, 2.75) is 26.1 Å². The Kier molecular flexibility index (Phi) is 12.1. The summed E-state index contributed by atoms with van der Waals surface area (Å²) >= 11 is 0. The third kappa shape index (κ3) is 9.13. The molecule has 8 heteroatoms. The second-order valence-corrected chi connectivity index (χ2v) is 7.52. The summed E-state index contributed by atoms with van der Waals surface area (Å²) in [6.45, 7) is 6.22. The maximum Gasteiger partial charge on any atom is 0.222 e. The second kappa shape index (κ2) is 14.8. The van der Waals surface area contributed by atoms with E-state index in [4.69, 9.17) is 4.74 Å². The van der Waals surface area contributed by atoms with Crippen molar-refractivity contribution in [1.82, 2.24) is 20.9 Å². The van der Waals surface area contributed by atoms with Crippen LogP contribution in [0.25, 0.3) is 0 Å². The van der Waals surface area contributed by atoms with Crippen LogP contribution in [0.3, 0.4) is 0 Å². The number of guanidine groups is 1. The molecule has 3 rings (SSSR count). The highest BCUT2D eigenvalue weighted by molar-refractivity contribution is 14.0. The summed E-state index contributed by atoms with van der Waals surface area (Å²) in [6.07, 6.45) is 0.390. The fourth-order valence-corrected chi connectivity index (χ4v) is 3.46. The summed E-state index contributed by atoms with van der Waals surface area (Å²) < 4.78 is 5.45. The van der Waals surface area contributed by atoms with Crippen molar-refractivity contribution in [3.05, 3.63) is 71.3 Å². The van der Waals surface area contributed by atoms with Crippen LogP contribution in [0.1, 0.15) is 23.1 Å². The molecular formula is C24H34IN5O2. The van der Waals surface area contributed by atoms with E-state index in [1.807, 2.05) is 30.3 Å². The monoisotopic (exact) mass is 551 g/mol. The molecule has 0 aromatic heterocycles. The van der Waals surface area contributed by atoms with E-state index in [0.717, 1.165) is 38.4 Å². The Hall–Kier alpha value is -2.17. The molecule has 1 amide bonds. The van der Waals surface area contributed by atoms with Crippen molar-refractivity contribution in [3.8, 4) is 0 Å². The number of halogens is 1. The summed E-state index contributed by atoms with van der Waals surface area (Å²) in [5.74, 6) is 0.708. The predicted octanol–water partition coefficient (Wildman–Crippen LogP) is 2.51. The molecule has 0 bridgehead atoms. The van der Waals surface area contributed by atoms with Crippen molar-refractivity contribution < 1.29 is 9.53 Å². The molecule has 2 aromatic carbocycles. The van der Waals surface area contributed by atoms with Gasteiger partial charge in [-0.25, -0.2) is 0 Å². The number of benzene rings is 2. The first kappa shape index (κ1) is 26.1. The lowest BCUT2D eigenvalue weighted by Crippen LogP contribution is -2.39. The minimum Gasteiger partial charge on any atom is -0.379 e. The molecule has 32 heavy (non-hydrogen) atoms. The minimum absolute atomic E-state index is 0. The average molecular weight is 551 g/mol. The molecule has 0 atom stereocenters. The van der Waals surface area contributed by atoms with E-state index in [2.05, 4.69) is 50.1 Å². The van der Waals surface area contributed by atoms with E-state index in [0.29, 0.717) is 32.0 Å². The number of carbonyl (C=O) groups is 1. The van der Waals surface area contributed by atoms with Gasteiger partial charge in [0.1, 0.15) is 0 Å². The Bertz CT molecular complexity index is 841. The van der Waals surface area contributed by atoms with Crippen molar-refractivity contribution in [3.63, 3.8) is 0 Å². The first-order chi connectivity index (χ1) is 15.2. The third-order valence-electron chi connectivity index (χ3n) is 5.26. The number of morpholine rings is 1. The summed E-state index contributed by atoms with van der Waals surface area (Å²) in [5, 5.41) is 9.52. The third-order valence-corrected chi connectivity index (χ3v) is 5.26. The van der Waals surface area contributed by atoms with Crippen LogP contribution in [0.15, 0.2) is 59.6 Å². The van der Waals surface area contributed by atoms with E-state index in [9.17, 15) is 4.79 Å². The quantitative estimate of drug-likeness (QED) is 0.254. The normalized spacial score (nSPS) is 14.3. The summed E-state index contributed by atoms with van der Waals surface area (Å²) in [4.78, 5) is 18.8. The van der Waals surface area contributed by atoms with Crippen LogP contribution in [0, 0.1) is 0 Å². The molecule has 0 spiro atoms. The highest BCUT2D eigenvalue weighted by atomic mass is 127. The molecule has 1 fully saturated rings. The van der Waals surface area contributed by atoms with E-state index in [1.165, 1.54) is 11.1 Å². The van der Waals surface area contributed by atoms with Crippen LogP contribution in [-0.2, 0) is 29.2 Å². The molecule has 1 saturated heterocycles. The summed E-state index contributed by atoms with van der Waals surface area (Å²) in [7, 11) is 1.74. The van der Waals surface area contributed by atoms with Crippen LogP contribution < -0.4 is 16.0 Å². The maximum absolute atomic E-state index is 12.1. The first-order valence-corrected chi connectivity index (χ1v) is 10.9. The highest BCUT2D eigenvalue weighted by Crippen LogP contribution is 2.13. The Morgan fingerprint density at radius 2 is 1.62 bits per heavy atom. The van der Waals surface area contributed by atoms with E-state index < -0.39 is 0 Å². The molecule has 3 N–H and O–H groups in total. The van der Waals surface area contributed by atoms with Gasteiger partial charge in [-0.3, -0.25) is 14.7 Å². The fourth-order valence-electron chi connectivity index (χ4n) is 3.46. The molecule has 174 valence electrons. The SMILES string of the molecule is CN=C(NCCC(=O)NCc1ccccc1)NCc1ccccc1CN1CCOCC1.I. The van der Waals surface area contributed by atoms with Gasteiger partial charge in [-0.2, -0.15) is 0 Å². The Morgan fingerprint density at radius 3 is 2.34 bits per heavy atom. The number of hydrogen-bond acceptors (Lipinski definition) is 4. The predicted molar refractivity (Wildman–Crippen MR) is 139 cm³/mol. The summed E-state index contributed by atoms with van der Waals surface area (Å²) in [5.41, 5.74) is 3.65. The van der Waals surface area contributed by atoms with E-state index in [-0.39, 0.29) is 29.9 Å². The van der Waals surface area contributed by atoms with Crippen LogP contribution in [0.4, 0.5) is 0 Å². The first-order valence-electron chi connectivity index (χ1n) is 10.9. The largest absolute Gasteiger partial charge is 0.379 e. The topological polar surface area (TPSA) is 78.0 Å². The Labute approximate surface area is 208 Å². The second-order valence-electron chi connectivity index (χ2n) is 7.52. The molecule has 0 aliphatic carbocycles. The minimum atomic E-state index is 0. The van der Waals surface area contributed by atoms with Gasteiger partial charge in [0, 0.05) is 52.7 Å². The Balaban J connectivity index is 0.00000363. The molecule has 1 aliphatic rings. The van der Waals surface area contributed by atoms with Gasteiger partial charge < -0.3 is 20.7 Å². The number of nitrogens with one attached hydrogen (secondary N) is 3. The van der Waals surface area contributed by atoms with Gasteiger partial charge in [-0.1, -0.05) is 54.6 Å². The molecule has 1 aliphatic heterocycles. The maximum atomic E-state index is 12.1. The smallest absolute Gasteiger partial charge is 0.222 e. The standard InChI is InChI=1S/C24H33N5O2.HI/c1-25-24(26-12-11-23(30)27-17-20-7-3-2-4-8-20)28-18-21-9-5-6-10-22(21)19-29-13-15-31-16-14-29;/h2-10H,11-19H2,1H3,(H,27,30)(H2,25,26,28);1H. The number of rotatable bonds is 9. The number of nitrogens with zero attached hydrogens (tertiary/aromatic N) is 2. The molecule has 2 aromatic rings. The molecule has 1 heterocycles. The number of carbonyl (C=O) groups excluding carboxylic acids is 1. The van der Waals surface area contributed by atoms with Gasteiger partial charge in [0.15, 0.2) is 5.96 Å². The number of hydrogen-bond donors (Lipinski definition) is 3. The van der Waals surface area contributed by atoms with Crippen LogP contribution in [0.2, 0.25) is 0 Å². The molecule has 0 unspecified atom stereocenters. The van der Waals surface area contributed by atoms with Crippen molar-refractivity contribution in [2.24, 2.45) is 4.99 Å². The van der Waals surface area contributed by atoms with Gasteiger partial charge >= 0.3 is 0 Å². The zero-order valence-electron chi connectivity index (χ0n) is 18.7. The van der Waals surface area contributed by atoms with E-state index >= 15 is 0 Å². The van der Waals surface area contributed by atoms with Crippen molar-refractivity contribution in [2.75, 3.05) is 39.9 Å². The van der Waals surface area contributed by atoms with Crippen molar-refractivity contribution >= 4 is 35.8 Å². The lowest BCUT2D eigenvalue weighted by atomic mass is 10.1. The van der Waals surface area contributed by atoms with Gasteiger partial charge in [-0.05, 0) is 16.7 Å². The number of ether oxygens (including phenoxy) is 1. The van der Waals surface area contributed by atoms with Gasteiger partial charge in [0.2, 0.25) is 5.91 Å². The fraction of sp³-hybridized carbons (Fsp3) is 0.417. The molecule has 0 saturated carbocycles. The van der Waals surface area contributed by atoms with Gasteiger partial charge in [0.05, 0.1) is 13.2 Å². The van der Waals surface area contributed by atoms with Crippen LogP contribution in [-0.4, -0.2) is 56.7 Å². The zero-order chi connectivity index (χ0) is 21.7. The van der Waals surface area contributed by atoms with Gasteiger partial charge in [0.25, 0.3) is 0 Å². The molecule has 0 radical (unpaired) electrons. The molecular weight excluding hydrogens is 517 g/mol. The average Bonchev–Trinajstić information content (AvgIpc) is 2.82. The number of amides is 1. The number of aliphatic imine (C=N–C) groups is 1. The zero-order valence-corrected chi connectivity index (χ0v) is 21.0. The Morgan fingerprint density at radius 1 is 0.938 bits per heavy atom. The lowest BCUT2D eigenvalue weighted by molar-refractivity contribution is -0.121. The van der Waals surface area contributed by atoms with Gasteiger partial charge in [-0.15, -0.1) is 24.0 Å². The van der Waals surface area contributed by atoms with Crippen LogP contribution in [0.5, 0.6) is 0 Å².